The minimum absolute atomic E-state index is 0.0801. The van der Waals surface area contributed by atoms with Gasteiger partial charge in [-0.2, -0.15) is 10.4 Å². The Hall–Kier alpha value is -4.49. The molecular formula is C35H43N7O6S. The number of rotatable bonds is 18. The van der Waals surface area contributed by atoms with Crippen molar-refractivity contribution in [2.45, 2.75) is 37.9 Å². The van der Waals surface area contributed by atoms with Crippen LogP contribution in [0.4, 0.5) is 28.7 Å². The third-order valence-electron chi connectivity index (χ3n) is 7.48. The Bertz CT molecular complexity index is 1870. The molecule has 3 aromatic carbocycles. The number of azo groups is 1. The number of ether oxygens (including phenoxy) is 1. The maximum absolute atomic E-state index is 13.2. The van der Waals surface area contributed by atoms with E-state index in [9.17, 15) is 23.9 Å². The van der Waals surface area contributed by atoms with Crippen LogP contribution in [0.2, 0.25) is 0 Å². The highest BCUT2D eigenvalue weighted by Crippen LogP contribution is 2.36. The van der Waals surface area contributed by atoms with E-state index in [0.29, 0.717) is 52.7 Å². The highest BCUT2D eigenvalue weighted by atomic mass is 32.2. The molecule has 0 saturated heterocycles. The van der Waals surface area contributed by atoms with Gasteiger partial charge in [-0.15, -0.1) is 5.11 Å². The van der Waals surface area contributed by atoms with Crippen LogP contribution in [0, 0.1) is 18.3 Å². The van der Waals surface area contributed by atoms with Crippen molar-refractivity contribution in [3.63, 3.8) is 0 Å². The summed E-state index contributed by atoms with van der Waals surface area (Å²) in [7, 11) is -3.64. The zero-order valence-electron chi connectivity index (χ0n) is 27.9. The van der Waals surface area contributed by atoms with E-state index < -0.39 is 22.0 Å². The molecule has 5 N–H and O–H groups in total. The summed E-state index contributed by atoms with van der Waals surface area (Å²) >= 11 is 0. The van der Waals surface area contributed by atoms with Crippen LogP contribution in [-0.4, -0.2) is 97.6 Å². The number of hydrogen-bond donors (Lipinski definition) is 5. The normalized spacial score (nSPS) is 13.1. The van der Waals surface area contributed by atoms with Crippen molar-refractivity contribution in [2.75, 3.05) is 62.4 Å². The molecule has 4 aromatic rings. The van der Waals surface area contributed by atoms with Crippen LogP contribution in [0.3, 0.4) is 0 Å². The van der Waals surface area contributed by atoms with Gasteiger partial charge in [0.25, 0.3) is 0 Å². The highest BCUT2D eigenvalue weighted by Gasteiger charge is 2.20. The van der Waals surface area contributed by atoms with Gasteiger partial charge in [0.1, 0.15) is 17.6 Å². The first-order chi connectivity index (χ1) is 23.5. The number of nitrogens with one attached hydrogen (secondary N) is 2. The SMILES string of the molecule is Cc1c(C#N)c(NCCOCCO)nc(Nc2ccccc2)c1/N=N/c1ccc2cc(S(=O)(=O)CCN(CC(C)O)CC(C)O)ccc2c1. The van der Waals surface area contributed by atoms with Crippen LogP contribution in [0.1, 0.15) is 25.0 Å². The molecule has 0 aliphatic heterocycles. The average molecular weight is 690 g/mol. The number of aliphatic hydroxyl groups is 3. The maximum atomic E-state index is 13.2. The van der Waals surface area contributed by atoms with Gasteiger partial charge in [0, 0.05) is 37.4 Å². The van der Waals surface area contributed by atoms with Crippen LogP contribution >= 0.6 is 0 Å². The number of hydrogen-bond acceptors (Lipinski definition) is 13. The number of para-hydroxylation sites is 1. The lowest BCUT2D eigenvalue weighted by atomic mass is 10.1. The van der Waals surface area contributed by atoms with E-state index in [0.717, 1.165) is 11.1 Å². The minimum atomic E-state index is -3.64. The van der Waals surface area contributed by atoms with Gasteiger partial charge >= 0.3 is 0 Å². The summed E-state index contributed by atoms with van der Waals surface area (Å²) < 4.78 is 31.7. The molecule has 0 radical (unpaired) electrons. The predicted octanol–water partition coefficient (Wildman–Crippen LogP) is 4.83. The second-order valence-corrected chi connectivity index (χ2v) is 13.8. The first kappa shape index (κ1) is 37.3. The minimum Gasteiger partial charge on any atom is -0.394 e. The first-order valence-electron chi connectivity index (χ1n) is 16.0. The molecule has 0 spiro atoms. The molecule has 1 heterocycles. The number of aromatic nitrogens is 1. The van der Waals surface area contributed by atoms with E-state index in [1.54, 1.807) is 62.1 Å². The summed E-state index contributed by atoms with van der Waals surface area (Å²) in [5, 5.41) is 55.4. The molecule has 260 valence electrons. The number of benzene rings is 3. The summed E-state index contributed by atoms with van der Waals surface area (Å²) in [6.07, 6.45) is -1.31. The van der Waals surface area contributed by atoms with Gasteiger partial charge in [0.15, 0.2) is 15.7 Å². The predicted molar refractivity (Wildman–Crippen MR) is 190 cm³/mol. The van der Waals surface area contributed by atoms with Gasteiger partial charge < -0.3 is 30.7 Å². The number of pyridine rings is 1. The van der Waals surface area contributed by atoms with Crippen molar-refractivity contribution in [2.24, 2.45) is 10.2 Å². The summed E-state index contributed by atoms with van der Waals surface area (Å²) in [4.78, 5) is 6.60. The number of nitriles is 1. The average Bonchev–Trinajstić information content (AvgIpc) is 3.06. The van der Waals surface area contributed by atoms with Gasteiger partial charge in [-0.05, 0) is 67.9 Å². The third-order valence-corrected chi connectivity index (χ3v) is 9.17. The number of aliphatic hydroxyl groups excluding tert-OH is 3. The second kappa shape index (κ2) is 17.8. The van der Waals surface area contributed by atoms with Crippen molar-refractivity contribution >= 4 is 49.3 Å². The van der Waals surface area contributed by atoms with Crippen LogP contribution in [0.25, 0.3) is 10.8 Å². The van der Waals surface area contributed by atoms with Crippen molar-refractivity contribution in [3.05, 3.63) is 77.9 Å². The second-order valence-electron chi connectivity index (χ2n) is 11.7. The molecule has 4 rings (SSSR count). The molecule has 1 aromatic heterocycles. The Kier molecular flexibility index (Phi) is 13.5. The molecule has 0 fully saturated rings. The Morgan fingerprint density at radius 1 is 0.959 bits per heavy atom. The van der Waals surface area contributed by atoms with Crippen molar-refractivity contribution in [3.8, 4) is 6.07 Å². The molecule has 14 heteroatoms. The van der Waals surface area contributed by atoms with E-state index in [4.69, 9.17) is 9.84 Å². The molecule has 0 amide bonds. The van der Waals surface area contributed by atoms with E-state index in [-0.39, 0.29) is 43.5 Å². The van der Waals surface area contributed by atoms with E-state index >= 15 is 0 Å². The molecular weight excluding hydrogens is 646 g/mol. The van der Waals surface area contributed by atoms with Crippen LogP contribution < -0.4 is 10.6 Å². The monoisotopic (exact) mass is 689 g/mol. The standard InChI is InChI=1S/C35H43N7O6S/c1-24(44)22-42(23-25(2)45)14-18-49(46,47)31-12-10-27-19-30(11-9-28(27)20-31)40-41-33-26(3)32(21-36)34(37-13-16-48-17-15-43)39-35(33)38-29-7-5-4-6-8-29/h4-12,19-20,24-25,43-45H,13-18,22-23H2,1-3H3,(H2,37,38,39)/b41-40+. The molecule has 0 saturated carbocycles. The van der Waals surface area contributed by atoms with Crippen molar-refractivity contribution in [1.29, 1.82) is 5.26 Å². The Balaban J connectivity index is 1.59. The summed E-state index contributed by atoms with van der Waals surface area (Å²) in [5.74, 6) is 0.592. The van der Waals surface area contributed by atoms with Gasteiger partial charge in [-0.25, -0.2) is 13.4 Å². The van der Waals surface area contributed by atoms with Crippen LogP contribution in [0.15, 0.2) is 81.9 Å². The number of sulfone groups is 1. The molecule has 13 nitrogen and oxygen atoms in total. The number of fused-ring (bicyclic) bond motifs is 1. The highest BCUT2D eigenvalue weighted by molar-refractivity contribution is 7.91. The van der Waals surface area contributed by atoms with E-state index in [1.165, 1.54) is 0 Å². The lowest BCUT2D eigenvalue weighted by molar-refractivity contribution is 0.0873. The molecule has 2 atom stereocenters. The maximum Gasteiger partial charge on any atom is 0.179 e. The fraction of sp³-hybridized carbons (Fsp3) is 0.371. The molecule has 0 aliphatic rings. The van der Waals surface area contributed by atoms with Crippen LogP contribution in [0.5, 0.6) is 0 Å². The van der Waals surface area contributed by atoms with Gasteiger partial charge in [-0.3, -0.25) is 4.90 Å². The number of anilines is 3. The van der Waals surface area contributed by atoms with Crippen LogP contribution in [-0.2, 0) is 14.6 Å². The first-order valence-corrected chi connectivity index (χ1v) is 17.6. The lowest BCUT2D eigenvalue weighted by Crippen LogP contribution is -2.39. The molecule has 0 bridgehead atoms. The molecule has 0 aliphatic carbocycles. The molecule has 2 unspecified atom stereocenters. The van der Waals surface area contributed by atoms with Crippen molar-refractivity contribution < 1.29 is 28.5 Å². The zero-order valence-corrected chi connectivity index (χ0v) is 28.7. The van der Waals surface area contributed by atoms with Gasteiger partial charge in [0.05, 0.1) is 53.9 Å². The van der Waals surface area contributed by atoms with Gasteiger partial charge in [0.2, 0.25) is 0 Å². The fourth-order valence-electron chi connectivity index (χ4n) is 5.18. The molecule has 49 heavy (non-hydrogen) atoms. The quantitative estimate of drug-likeness (QED) is 0.0710. The van der Waals surface area contributed by atoms with Gasteiger partial charge in [-0.1, -0.05) is 30.3 Å². The Morgan fingerprint density at radius 2 is 1.65 bits per heavy atom. The largest absolute Gasteiger partial charge is 0.394 e. The summed E-state index contributed by atoms with van der Waals surface area (Å²) in [6.45, 7) is 6.53. The zero-order chi connectivity index (χ0) is 35.4. The number of nitrogens with zero attached hydrogens (tertiary/aromatic N) is 5. The fourth-order valence-corrected chi connectivity index (χ4v) is 6.50. The third kappa shape index (κ3) is 10.8. The van der Waals surface area contributed by atoms with Crippen molar-refractivity contribution in [1.82, 2.24) is 9.88 Å². The topological polar surface area (TPSA) is 193 Å². The Labute approximate surface area is 286 Å². The smallest absolute Gasteiger partial charge is 0.179 e. The summed E-state index contributed by atoms with van der Waals surface area (Å²) in [6, 6.07) is 21.8. The van der Waals surface area contributed by atoms with E-state index in [2.05, 4.69) is 31.9 Å². The summed E-state index contributed by atoms with van der Waals surface area (Å²) in [5.41, 5.74) is 2.53. The van der Waals surface area contributed by atoms with E-state index in [1.807, 2.05) is 30.3 Å². The lowest BCUT2D eigenvalue weighted by Gasteiger charge is -2.24. The Morgan fingerprint density at radius 3 is 2.33 bits per heavy atom.